The second kappa shape index (κ2) is 8.90. The maximum absolute atomic E-state index is 8.73. The van der Waals surface area contributed by atoms with Gasteiger partial charge in [-0.2, -0.15) is 0 Å². The molecule has 0 saturated carbocycles. The summed E-state index contributed by atoms with van der Waals surface area (Å²) in [6.07, 6.45) is 7.76. The Morgan fingerprint density at radius 3 is 2.65 bits per heavy atom. The molecule has 1 N–H and O–H groups in total. The minimum absolute atomic E-state index is 0.225. The highest BCUT2D eigenvalue weighted by Gasteiger charge is 2.18. The second-order valence-corrected chi connectivity index (χ2v) is 5.26. The number of likely N-dealkylation sites (tertiary alicyclic amines) is 1. The Balaban J connectivity index is 1.63. The molecule has 0 amide bonds. The van der Waals surface area contributed by atoms with Gasteiger partial charge >= 0.3 is 0 Å². The summed E-state index contributed by atoms with van der Waals surface area (Å²) in [6, 6.07) is 10.4. The van der Waals surface area contributed by atoms with E-state index < -0.39 is 0 Å². The molecule has 0 aliphatic carbocycles. The molecule has 0 atom stereocenters. The van der Waals surface area contributed by atoms with Gasteiger partial charge in [0.05, 0.1) is 6.10 Å². The Morgan fingerprint density at radius 1 is 1.20 bits per heavy atom. The van der Waals surface area contributed by atoms with Crippen LogP contribution in [0.3, 0.4) is 0 Å². The maximum Gasteiger partial charge on any atom is 0.0599 e. The van der Waals surface area contributed by atoms with E-state index in [1.54, 1.807) is 0 Å². The van der Waals surface area contributed by atoms with E-state index in [1.807, 2.05) is 6.07 Å². The van der Waals surface area contributed by atoms with Gasteiger partial charge in [-0.3, -0.25) is 4.90 Å². The zero-order valence-electron chi connectivity index (χ0n) is 12.1. The van der Waals surface area contributed by atoms with E-state index in [9.17, 15) is 0 Å². The summed E-state index contributed by atoms with van der Waals surface area (Å²) < 4.78 is 5.74. The molecule has 2 rings (SSSR count). The minimum atomic E-state index is 0.225. The van der Waals surface area contributed by atoms with Gasteiger partial charge in [0, 0.05) is 32.8 Å². The lowest BCUT2D eigenvalue weighted by molar-refractivity contribution is 0.00441. The summed E-state index contributed by atoms with van der Waals surface area (Å²) in [5.41, 5.74) is 1.26. The van der Waals surface area contributed by atoms with Crippen molar-refractivity contribution in [2.75, 3.05) is 32.8 Å². The zero-order valence-corrected chi connectivity index (χ0v) is 12.1. The van der Waals surface area contributed by atoms with Crippen molar-refractivity contribution in [3.05, 3.63) is 42.0 Å². The van der Waals surface area contributed by atoms with Gasteiger partial charge in [-0.25, -0.2) is 0 Å². The number of rotatable bonds is 7. The molecule has 3 nitrogen and oxygen atoms in total. The summed E-state index contributed by atoms with van der Waals surface area (Å²) in [4.78, 5) is 2.46. The average molecular weight is 275 g/mol. The molecular formula is C17H25NO2. The molecule has 0 spiro atoms. The van der Waals surface area contributed by atoms with E-state index >= 15 is 0 Å². The first kappa shape index (κ1) is 15.2. The molecule has 1 aromatic rings. The van der Waals surface area contributed by atoms with Gasteiger partial charge in [-0.15, -0.1) is 0 Å². The van der Waals surface area contributed by atoms with Crippen molar-refractivity contribution < 1.29 is 9.84 Å². The van der Waals surface area contributed by atoms with E-state index in [-0.39, 0.29) is 6.61 Å². The first-order valence-electron chi connectivity index (χ1n) is 7.55. The van der Waals surface area contributed by atoms with E-state index in [2.05, 4.69) is 41.3 Å². The number of aliphatic hydroxyl groups excluding tert-OH is 1. The van der Waals surface area contributed by atoms with Crippen LogP contribution in [0.2, 0.25) is 0 Å². The van der Waals surface area contributed by atoms with Crippen molar-refractivity contribution >= 4 is 6.08 Å². The summed E-state index contributed by atoms with van der Waals surface area (Å²) in [7, 11) is 0. The highest BCUT2D eigenvalue weighted by Crippen LogP contribution is 2.14. The van der Waals surface area contributed by atoms with Gasteiger partial charge in [0.1, 0.15) is 0 Å². The predicted octanol–water partition coefficient (Wildman–Crippen LogP) is 2.56. The Bertz CT molecular complexity index is 383. The number of ether oxygens (including phenoxy) is 1. The Labute approximate surface area is 121 Å². The third-order valence-corrected chi connectivity index (χ3v) is 3.66. The first-order valence-corrected chi connectivity index (χ1v) is 7.55. The number of nitrogens with zero attached hydrogens (tertiary/aromatic N) is 1. The molecule has 20 heavy (non-hydrogen) atoms. The summed E-state index contributed by atoms with van der Waals surface area (Å²) in [5.74, 6) is 0. The SMILES string of the molecule is OCCCOC1CCN(C/C=C/c2ccccc2)CC1. The van der Waals surface area contributed by atoms with E-state index in [1.165, 1.54) is 5.56 Å². The van der Waals surface area contributed by atoms with Crippen molar-refractivity contribution in [3.8, 4) is 0 Å². The van der Waals surface area contributed by atoms with Gasteiger partial charge in [0.25, 0.3) is 0 Å². The van der Waals surface area contributed by atoms with E-state index in [0.29, 0.717) is 12.7 Å². The molecule has 0 bridgehead atoms. The second-order valence-electron chi connectivity index (χ2n) is 5.26. The Kier molecular flexibility index (Phi) is 6.78. The summed E-state index contributed by atoms with van der Waals surface area (Å²) >= 11 is 0. The predicted molar refractivity (Wildman–Crippen MR) is 82.6 cm³/mol. The number of aliphatic hydroxyl groups is 1. The van der Waals surface area contributed by atoms with Crippen LogP contribution >= 0.6 is 0 Å². The smallest absolute Gasteiger partial charge is 0.0599 e. The molecule has 3 heteroatoms. The molecule has 0 unspecified atom stereocenters. The van der Waals surface area contributed by atoms with Gasteiger partial charge in [0.2, 0.25) is 0 Å². The fourth-order valence-electron chi connectivity index (χ4n) is 2.48. The quantitative estimate of drug-likeness (QED) is 0.776. The number of hydrogen-bond acceptors (Lipinski definition) is 3. The lowest BCUT2D eigenvalue weighted by atomic mass is 10.1. The van der Waals surface area contributed by atoms with Crippen LogP contribution < -0.4 is 0 Å². The molecule has 1 heterocycles. The lowest BCUT2D eigenvalue weighted by Gasteiger charge is -2.31. The largest absolute Gasteiger partial charge is 0.396 e. The highest BCUT2D eigenvalue weighted by atomic mass is 16.5. The minimum Gasteiger partial charge on any atom is -0.396 e. The Morgan fingerprint density at radius 2 is 1.95 bits per heavy atom. The van der Waals surface area contributed by atoms with Crippen molar-refractivity contribution in [2.45, 2.75) is 25.4 Å². The first-order chi connectivity index (χ1) is 9.88. The van der Waals surface area contributed by atoms with Crippen LogP contribution in [0.15, 0.2) is 36.4 Å². The van der Waals surface area contributed by atoms with Gasteiger partial charge in [0.15, 0.2) is 0 Å². The van der Waals surface area contributed by atoms with Crippen LogP contribution in [-0.2, 0) is 4.74 Å². The fraction of sp³-hybridized carbons (Fsp3) is 0.529. The summed E-state index contributed by atoms with van der Waals surface area (Å²) in [6.45, 7) is 4.13. The van der Waals surface area contributed by atoms with Crippen LogP contribution in [0.25, 0.3) is 6.08 Å². The molecule has 1 aliphatic heterocycles. The summed E-state index contributed by atoms with van der Waals surface area (Å²) in [5, 5.41) is 8.73. The average Bonchev–Trinajstić information content (AvgIpc) is 2.50. The van der Waals surface area contributed by atoms with Crippen LogP contribution in [0.4, 0.5) is 0 Å². The molecule has 0 radical (unpaired) electrons. The van der Waals surface area contributed by atoms with Crippen LogP contribution in [-0.4, -0.2) is 49.0 Å². The van der Waals surface area contributed by atoms with Crippen LogP contribution in [0.1, 0.15) is 24.8 Å². The van der Waals surface area contributed by atoms with Crippen LogP contribution in [0, 0.1) is 0 Å². The van der Waals surface area contributed by atoms with Crippen molar-refractivity contribution in [2.24, 2.45) is 0 Å². The highest BCUT2D eigenvalue weighted by molar-refractivity contribution is 5.48. The third-order valence-electron chi connectivity index (χ3n) is 3.66. The topological polar surface area (TPSA) is 32.7 Å². The molecule has 1 fully saturated rings. The normalized spacial score (nSPS) is 17.9. The van der Waals surface area contributed by atoms with E-state index in [4.69, 9.17) is 9.84 Å². The van der Waals surface area contributed by atoms with E-state index in [0.717, 1.165) is 38.9 Å². The molecular weight excluding hydrogens is 250 g/mol. The Hall–Kier alpha value is -1.16. The fourth-order valence-corrected chi connectivity index (χ4v) is 2.48. The standard InChI is InChI=1S/C17H25NO2/c19-14-5-15-20-17-9-12-18(13-10-17)11-4-8-16-6-2-1-3-7-16/h1-4,6-8,17,19H,5,9-15H2/b8-4+. The third kappa shape index (κ3) is 5.45. The zero-order chi connectivity index (χ0) is 14.0. The number of piperidine rings is 1. The maximum atomic E-state index is 8.73. The van der Waals surface area contributed by atoms with Gasteiger partial charge in [-0.05, 0) is 24.8 Å². The lowest BCUT2D eigenvalue weighted by Crippen LogP contribution is -2.37. The van der Waals surface area contributed by atoms with Crippen molar-refractivity contribution in [1.29, 1.82) is 0 Å². The van der Waals surface area contributed by atoms with Crippen molar-refractivity contribution in [1.82, 2.24) is 4.90 Å². The number of hydrogen-bond donors (Lipinski definition) is 1. The molecule has 1 aromatic carbocycles. The molecule has 1 saturated heterocycles. The van der Waals surface area contributed by atoms with Crippen LogP contribution in [0.5, 0.6) is 0 Å². The van der Waals surface area contributed by atoms with Crippen molar-refractivity contribution in [3.63, 3.8) is 0 Å². The monoisotopic (exact) mass is 275 g/mol. The van der Waals surface area contributed by atoms with Gasteiger partial charge < -0.3 is 9.84 Å². The number of benzene rings is 1. The molecule has 0 aromatic heterocycles. The van der Waals surface area contributed by atoms with Gasteiger partial charge in [-0.1, -0.05) is 42.5 Å². The molecule has 110 valence electrons. The molecule has 1 aliphatic rings.